The highest BCUT2D eigenvalue weighted by Crippen LogP contribution is 2.35. The summed E-state index contributed by atoms with van der Waals surface area (Å²) in [6.45, 7) is 1.58. The molecule has 4 rings (SSSR count). The van der Waals surface area contributed by atoms with Crippen molar-refractivity contribution in [3.63, 3.8) is 0 Å². The Hall–Kier alpha value is -4.65. The molecule has 0 spiro atoms. The fourth-order valence-electron chi connectivity index (χ4n) is 3.75. The zero-order chi connectivity index (χ0) is 24.8. The van der Waals surface area contributed by atoms with E-state index in [1.807, 2.05) is 48.5 Å². The standard InChI is InChI=1S/C28H24N2O5/c1-19-26(28(33)34-2)27(32)24(30(19)22-11-7-4-8-12-22)17-20-13-15-23(16-14-20)35-18-25(31)29-21-9-5-3-6-10-21/h3-17H,18H2,1-2H3,(H,29,31)/b24-17-. The van der Waals surface area contributed by atoms with E-state index in [0.29, 0.717) is 22.8 Å². The molecular weight excluding hydrogens is 444 g/mol. The number of amides is 1. The van der Waals surface area contributed by atoms with Gasteiger partial charge in [-0.2, -0.15) is 0 Å². The lowest BCUT2D eigenvalue weighted by Crippen LogP contribution is -2.20. The number of Topliss-reactive ketones (excluding diaryl/α,β-unsaturated/α-hetero) is 1. The van der Waals surface area contributed by atoms with E-state index in [-0.39, 0.29) is 18.1 Å². The highest BCUT2D eigenvalue weighted by atomic mass is 16.5. The number of para-hydroxylation sites is 2. The van der Waals surface area contributed by atoms with E-state index in [9.17, 15) is 14.4 Å². The average Bonchev–Trinajstić information content (AvgIpc) is 3.13. The highest BCUT2D eigenvalue weighted by Gasteiger charge is 2.38. The summed E-state index contributed by atoms with van der Waals surface area (Å²) in [4.78, 5) is 39.3. The number of methoxy groups -OCH3 is 1. The Morgan fingerprint density at radius 2 is 1.54 bits per heavy atom. The summed E-state index contributed by atoms with van der Waals surface area (Å²) >= 11 is 0. The summed E-state index contributed by atoms with van der Waals surface area (Å²) in [6.07, 6.45) is 1.71. The lowest BCUT2D eigenvalue weighted by Gasteiger charge is -2.21. The van der Waals surface area contributed by atoms with Crippen molar-refractivity contribution < 1.29 is 23.9 Å². The van der Waals surface area contributed by atoms with Crippen molar-refractivity contribution in [1.29, 1.82) is 0 Å². The van der Waals surface area contributed by atoms with Crippen molar-refractivity contribution in [1.82, 2.24) is 0 Å². The first-order valence-electron chi connectivity index (χ1n) is 11.0. The van der Waals surface area contributed by atoms with Crippen molar-refractivity contribution in [3.8, 4) is 5.75 Å². The summed E-state index contributed by atoms with van der Waals surface area (Å²) in [5, 5.41) is 2.76. The zero-order valence-electron chi connectivity index (χ0n) is 19.4. The Labute approximate surface area is 203 Å². The van der Waals surface area contributed by atoms with Gasteiger partial charge in [0.1, 0.15) is 11.3 Å². The summed E-state index contributed by atoms with van der Waals surface area (Å²) in [7, 11) is 1.25. The number of carbonyl (C=O) groups excluding carboxylic acids is 3. The van der Waals surface area contributed by atoms with Crippen LogP contribution in [0, 0.1) is 0 Å². The van der Waals surface area contributed by atoms with E-state index in [2.05, 4.69) is 5.32 Å². The lowest BCUT2D eigenvalue weighted by atomic mass is 10.1. The molecule has 1 aliphatic heterocycles. The predicted octanol–water partition coefficient (Wildman–Crippen LogP) is 4.58. The fourth-order valence-corrected chi connectivity index (χ4v) is 3.75. The zero-order valence-corrected chi connectivity index (χ0v) is 19.4. The smallest absolute Gasteiger partial charge is 0.343 e. The van der Waals surface area contributed by atoms with Gasteiger partial charge in [-0.3, -0.25) is 9.59 Å². The van der Waals surface area contributed by atoms with Crippen molar-refractivity contribution in [3.05, 3.63) is 107 Å². The number of ketones is 1. The van der Waals surface area contributed by atoms with E-state index in [4.69, 9.17) is 9.47 Å². The summed E-state index contributed by atoms with van der Waals surface area (Å²) in [5.41, 5.74) is 3.03. The molecule has 1 heterocycles. The second kappa shape index (κ2) is 10.5. The number of anilines is 2. The second-order valence-corrected chi connectivity index (χ2v) is 7.75. The van der Waals surface area contributed by atoms with Crippen LogP contribution >= 0.6 is 0 Å². The number of benzene rings is 3. The van der Waals surface area contributed by atoms with Crippen LogP contribution < -0.4 is 15.0 Å². The number of rotatable bonds is 7. The Bertz CT molecular complexity index is 1300. The van der Waals surface area contributed by atoms with Gasteiger partial charge < -0.3 is 19.7 Å². The molecule has 0 saturated heterocycles. The maximum Gasteiger partial charge on any atom is 0.343 e. The molecule has 7 heteroatoms. The first kappa shape index (κ1) is 23.5. The second-order valence-electron chi connectivity index (χ2n) is 7.75. The molecule has 0 saturated carbocycles. The van der Waals surface area contributed by atoms with Crippen LogP contribution in [-0.2, 0) is 19.1 Å². The third-order valence-corrected chi connectivity index (χ3v) is 5.41. The molecule has 176 valence electrons. The third-order valence-electron chi connectivity index (χ3n) is 5.41. The van der Waals surface area contributed by atoms with E-state index in [1.165, 1.54) is 7.11 Å². The molecule has 7 nitrogen and oxygen atoms in total. The monoisotopic (exact) mass is 468 g/mol. The summed E-state index contributed by atoms with van der Waals surface area (Å²) < 4.78 is 10.4. The molecule has 0 radical (unpaired) electrons. The molecular formula is C28H24N2O5. The molecule has 3 aromatic carbocycles. The lowest BCUT2D eigenvalue weighted by molar-refractivity contribution is -0.137. The van der Waals surface area contributed by atoms with Crippen LogP contribution in [0.1, 0.15) is 12.5 Å². The minimum absolute atomic E-state index is 0.00647. The Balaban J connectivity index is 1.51. The van der Waals surface area contributed by atoms with Crippen molar-refractivity contribution in [2.45, 2.75) is 6.92 Å². The molecule has 35 heavy (non-hydrogen) atoms. The Morgan fingerprint density at radius 3 is 2.17 bits per heavy atom. The maximum absolute atomic E-state index is 13.2. The number of carbonyl (C=O) groups is 3. The molecule has 3 aromatic rings. The minimum Gasteiger partial charge on any atom is -0.484 e. The van der Waals surface area contributed by atoms with Crippen LogP contribution in [0.4, 0.5) is 11.4 Å². The number of esters is 1. The number of allylic oxidation sites excluding steroid dienone is 2. The number of nitrogens with zero attached hydrogens (tertiary/aromatic N) is 1. The quantitative estimate of drug-likeness (QED) is 0.310. The molecule has 0 unspecified atom stereocenters. The minimum atomic E-state index is -0.672. The van der Waals surface area contributed by atoms with E-state index in [1.54, 1.807) is 54.3 Å². The predicted molar refractivity (Wildman–Crippen MR) is 134 cm³/mol. The first-order valence-corrected chi connectivity index (χ1v) is 11.0. The van der Waals surface area contributed by atoms with E-state index < -0.39 is 11.8 Å². The molecule has 1 aliphatic rings. The molecule has 0 aliphatic carbocycles. The van der Waals surface area contributed by atoms with Crippen molar-refractivity contribution in [2.75, 3.05) is 23.9 Å². The largest absolute Gasteiger partial charge is 0.484 e. The SMILES string of the molecule is COC(=O)C1=C(C)N(c2ccccc2)/C(=C\c2ccc(OCC(=O)Nc3ccccc3)cc2)C1=O. The van der Waals surface area contributed by atoms with Gasteiger partial charge in [-0.25, -0.2) is 4.79 Å². The van der Waals surface area contributed by atoms with Crippen LogP contribution in [0.3, 0.4) is 0 Å². The highest BCUT2D eigenvalue weighted by molar-refractivity contribution is 6.30. The maximum atomic E-state index is 13.2. The van der Waals surface area contributed by atoms with Crippen LogP contribution in [0.15, 0.2) is 102 Å². The van der Waals surface area contributed by atoms with Gasteiger partial charge in [-0.05, 0) is 55.0 Å². The van der Waals surface area contributed by atoms with Gasteiger partial charge in [0.25, 0.3) is 5.91 Å². The van der Waals surface area contributed by atoms with E-state index in [0.717, 1.165) is 11.3 Å². The molecule has 0 fully saturated rings. The van der Waals surface area contributed by atoms with Crippen LogP contribution in [0.5, 0.6) is 5.75 Å². The van der Waals surface area contributed by atoms with Crippen LogP contribution in [0.2, 0.25) is 0 Å². The van der Waals surface area contributed by atoms with Gasteiger partial charge in [0.2, 0.25) is 5.78 Å². The Kier molecular flexibility index (Phi) is 7.07. The number of hydrogen-bond donors (Lipinski definition) is 1. The molecule has 0 aromatic heterocycles. The first-order chi connectivity index (χ1) is 17.0. The number of ether oxygens (including phenoxy) is 2. The Morgan fingerprint density at radius 1 is 0.914 bits per heavy atom. The van der Waals surface area contributed by atoms with Gasteiger partial charge in [0.15, 0.2) is 6.61 Å². The van der Waals surface area contributed by atoms with Crippen LogP contribution in [0.25, 0.3) is 6.08 Å². The van der Waals surface area contributed by atoms with Gasteiger partial charge in [-0.1, -0.05) is 48.5 Å². The number of hydrogen-bond acceptors (Lipinski definition) is 6. The summed E-state index contributed by atoms with van der Waals surface area (Å²) in [6, 6.07) is 25.5. The van der Waals surface area contributed by atoms with Gasteiger partial charge in [0.05, 0.1) is 12.8 Å². The molecule has 1 N–H and O–H groups in total. The van der Waals surface area contributed by atoms with E-state index >= 15 is 0 Å². The third kappa shape index (κ3) is 5.30. The molecule has 0 atom stereocenters. The summed E-state index contributed by atoms with van der Waals surface area (Å²) in [5.74, 6) is -0.836. The van der Waals surface area contributed by atoms with Crippen molar-refractivity contribution in [2.24, 2.45) is 0 Å². The fraction of sp³-hybridized carbons (Fsp3) is 0.107. The van der Waals surface area contributed by atoms with Gasteiger partial charge in [0, 0.05) is 17.1 Å². The van der Waals surface area contributed by atoms with Crippen LogP contribution in [-0.4, -0.2) is 31.4 Å². The van der Waals surface area contributed by atoms with Crippen molar-refractivity contribution >= 4 is 35.1 Å². The van der Waals surface area contributed by atoms with Gasteiger partial charge in [-0.15, -0.1) is 0 Å². The van der Waals surface area contributed by atoms with Gasteiger partial charge >= 0.3 is 5.97 Å². The normalized spacial score (nSPS) is 14.3. The topological polar surface area (TPSA) is 84.9 Å². The molecule has 0 bridgehead atoms. The molecule has 1 amide bonds. The number of nitrogens with one attached hydrogen (secondary N) is 1. The average molecular weight is 469 g/mol.